The zero-order valence-electron chi connectivity index (χ0n) is 12.9. The highest BCUT2D eigenvalue weighted by atomic mass is 16.4. The second kappa shape index (κ2) is 5.49. The molecule has 0 radical (unpaired) electrons. The number of carboxylic acid groups (broad SMARTS) is 1. The van der Waals surface area contributed by atoms with E-state index in [1.165, 1.54) is 12.8 Å². The highest BCUT2D eigenvalue weighted by Crippen LogP contribution is 2.45. The van der Waals surface area contributed by atoms with Crippen molar-refractivity contribution in [2.24, 2.45) is 5.92 Å². The second-order valence-electron chi connectivity index (χ2n) is 6.57. The fraction of sp³-hybridized carbons (Fsp3) is 0.444. The average Bonchev–Trinajstić information content (AvgIpc) is 3.14. The SMILES string of the molecule is O=C(O)c1ccc(N2[C@H](CO)C[C@@H]3CCC[C@@H]32)c2ncccc12. The minimum absolute atomic E-state index is 0.103. The quantitative estimate of drug-likeness (QED) is 0.911. The number of carbonyl (C=O) groups is 1. The molecule has 0 bridgehead atoms. The highest BCUT2D eigenvalue weighted by Gasteiger charge is 2.43. The van der Waals surface area contributed by atoms with Gasteiger partial charge in [-0.2, -0.15) is 0 Å². The third kappa shape index (κ3) is 2.18. The summed E-state index contributed by atoms with van der Waals surface area (Å²) in [5, 5.41) is 19.9. The fourth-order valence-electron chi connectivity index (χ4n) is 4.48. The van der Waals surface area contributed by atoms with E-state index in [0.29, 0.717) is 17.3 Å². The zero-order chi connectivity index (χ0) is 16.0. The summed E-state index contributed by atoms with van der Waals surface area (Å²) >= 11 is 0. The number of hydrogen-bond acceptors (Lipinski definition) is 4. The maximum Gasteiger partial charge on any atom is 0.336 e. The zero-order valence-corrected chi connectivity index (χ0v) is 12.9. The van der Waals surface area contributed by atoms with Gasteiger partial charge in [0.2, 0.25) is 0 Å². The molecule has 5 heteroatoms. The molecule has 1 aliphatic carbocycles. The molecule has 1 saturated carbocycles. The lowest BCUT2D eigenvalue weighted by Gasteiger charge is -2.32. The highest BCUT2D eigenvalue weighted by molar-refractivity contribution is 6.06. The monoisotopic (exact) mass is 312 g/mol. The van der Waals surface area contributed by atoms with Gasteiger partial charge in [0, 0.05) is 17.6 Å². The van der Waals surface area contributed by atoms with Crippen LogP contribution < -0.4 is 4.90 Å². The van der Waals surface area contributed by atoms with Crippen molar-refractivity contribution in [2.45, 2.75) is 37.8 Å². The molecule has 2 fully saturated rings. The molecule has 1 aromatic heterocycles. The molecular formula is C18H20N2O3. The number of aromatic carboxylic acids is 1. The Kier molecular flexibility index (Phi) is 3.45. The first-order chi connectivity index (χ1) is 11.2. The molecule has 3 atom stereocenters. The third-order valence-corrected chi connectivity index (χ3v) is 5.41. The minimum Gasteiger partial charge on any atom is -0.478 e. The number of aliphatic hydroxyl groups excluding tert-OH is 1. The van der Waals surface area contributed by atoms with Crippen molar-refractivity contribution in [1.29, 1.82) is 0 Å². The van der Waals surface area contributed by atoms with Crippen LogP contribution in [0.15, 0.2) is 30.5 Å². The molecule has 23 heavy (non-hydrogen) atoms. The van der Waals surface area contributed by atoms with E-state index in [9.17, 15) is 15.0 Å². The molecule has 0 spiro atoms. The molecule has 2 heterocycles. The first kappa shape index (κ1) is 14.5. The van der Waals surface area contributed by atoms with E-state index >= 15 is 0 Å². The van der Waals surface area contributed by atoms with Crippen LogP contribution in [0.4, 0.5) is 5.69 Å². The Balaban J connectivity index is 1.88. The molecule has 0 unspecified atom stereocenters. The molecule has 1 aliphatic heterocycles. The Hall–Kier alpha value is -2.14. The predicted molar refractivity (Wildman–Crippen MR) is 87.8 cm³/mol. The van der Waals surface area contributed by atoms with E-state index in [0.717, 1.165) is 24.0 Å². The first-order valence-corrected chi connectivity index (χ1v) is 8.21. The van der Waals surface area contributed by atoms with Crippen LogP contribution in [0.25, 0.3) is 10.9 Å². The molecule has 120 valence electrons. The lowest BCUT2D eigenvalue weighted by atomic mass is 10.0. The van der Waals surface area contributed by atoms with Crippen molar-refractivity contribution in [2.75, 3.05) is 11.5 Å². The third-order valence-electron chi connectivity index (χ3n) is 5.41. The number of aliphatic hydroxyl groups is 1. The summed E-state index contributed by atoms with van der Waals surface area (Å²) in [4.78, 5) is 18.2. The van der Waals surface area contributed by atoms with Gasteiger partial charge in [0.15, 0.2) is 0 Å². The molecule has 2 aliphatic rings. The van der Waals surface area contributed by atoms with Crippen LogP contribution in [0.2, 0.25) is 0 Å². The molecule has 2 N–H and O–H groups in total. The minimum atomic E-state index is -0.937. The van der Waals surface area contributed by atoms with Crippen LogP contribution in [-0.4, -0.2) is 39.9 Å². The Bertz CT molecular complexity index is 761. The smallest absolute Gasteiger partial charge is 0.336 e. The Morgan fingerprint density at radius 2 is 2.17 bits per heavy atom. The van der Waals surface area contributed by atoms with Crippen molar-refractivity contribution in [3.63, 3.8) is 0 Å². The number of carboxylic acids is 1. The Labute approximate surface area is 134 Å². The van der Waals surface area contributed by atoms with Crippen LogP contribution in [0, 0.1) is 5.92 Å². The van der Waals surface area contributed by atoms with Gasteiger partial charge in [-0.25, -0.2) is 4.79 Å². The number of anilines is 1. The average molecular weight is 312 g/mol. The van der Waals surface area contributed by atoms with Crippen LogP contribution in [0.5, 0.6) is 0 Å². The Morgan fingerprint density at radius 3 is 2.96 bits per heavy atom. The van der Waals surface area contributed by atoms with Crippen LogP contribution in [-0.2, 0) is 0 Å². The van der Waals surface area contributed by atoms with Crippen molar-refractivity contribution in [3.8, 4) is 0 Å². The summed E-state index contributed by atoms with van der Waals surface area (Å²) in [6, 6.07) is 7.65. The van der Waals surface area contributed by atoms with Crippen molar-refractivity contribution in [1.82, 2.24) is 4.98 Å². The van der Waals surface area contributed by atoms with Crippen molar-refractivity contribution < 1.29 is 15.0 Å². The predicted octanol–water partition coefficient (Wildman–Crippen LogP) is 2.67. The van der Waals surface area contributed by atoms with Crippen molar-refractivity contribution >= 4 is 22.6 Å². The van der Waals surface area contributed by atoms with Gasteiger partial charge < -0.3 is 15.1 Å². The molecule has 0 amide bonds. The molecule has 2 aromatic rings. The molecule has 1 saturated heterocycles. The number of nitrogens with zero attached hydrogens (tertiary/aromatic N) is 2. The standard InChI is InChI=1S/C18H20N2O3/c21-10-12-9-11-3-1-5-15(11)20(12)16-7-6-14(18(22)23)13-4-2-8-19-17(13)16/h2,4,6-8,11-12,15,21H,1,3,5,9-10H2,(H,22,23)/t11-,12-,15-/m0/s1. The summed E-state index contributed by atoms with van der Waals surface area (Å²) in [7, 11) is 0. The second-order valence-corrected chi connectivity index (χ2v) is 6.57. The Morgan fingerprint density at radius 1 is 1.30 bits per heavy atom. The number of aromatic nitrogens is 1. The summed E-state index contributed by atoms with van der Waals surface area (Å²) < 4.78 is 0. The lowest BCUT2D eigenvalue weighted by Crippen LogP contribution is -2.38. The van der Waals surface area contributed by atoms with Gasteiger partial charge in [0.1, 0.15) is 0 Å². The number of benzene rings is 1. The van der Waals surface area contributed by atoms with Crippen LogP contribution in [0.3, 0.4) is 0 Å². The number of pyridine rings is 1. The summed E-state index contributed by atoms with van der Waals surface area (Å²) in [5.41, 5.74) is 1.96. The van der Waals surface area contributed by atoms with Crippen molar-refractivity contribution in [3.05, 3.63) is 36.0 Å². The van der Waals surface area contributed by atoms with E-state index in [1.54, 1.807) is 18.3 Å². The normalized spacial score (nSPS) is 26.7. The maximum absolute atomic E-state index is 11.5. The van der Waals surface area contributed by atoms with Crippen LogP contribution in [0.1, 0.15) is 36.0 Å². The van der Waals surface area contributed by atoms with E-state index in [4.69, 9.17) is 0 Å². The summed E-state index contributed by atoms with van der Waals surface area (Å²) in [5.74, 6) is -0.307. The number of hydrogen-bond donors (Lipinski definition) is 2. The fourth-order valence-corrected chi connectivity index (χ4v) is 4.48. The van der Waals surface area contributed by atoms with Crippen LogP contribution >= 0.6 is 0 Å². The first-order valence-electron chi connectivity index (χ1n) is 8.21. The van der Waals surface area contributed by atoms with Gasteiger partial charge in [-0.3, -0.25) is 4.98 Å². The van der Waals surface area contributed by atoms with Gasteiger partial charge in [0.05, 0.1) is 29.4 Å². The summed E-state index contributed by atoms with van der Waals surface area (Å²) in [6.45, 7) is 0.127. The van der Waals surface area contributed by atoms with E-state index in [-0.39, 0.29) is 18.2 Å². The molecule has 1 aromatic carbocycles. The van der Waals surface area contributed by atoms with Gasteiger partial charge in [-0.15, -0.1) is 0 Å². The van der Waals surface area contributed by atoms with Gasteiger partial charge in [-0.1, -0.05) is 12.5 Å². The largest absolute Gasteiger partial charge is 0.478 e. The molecule has 4 rings (SSSR count). The number of rotatable bonds is 3. The topological polar surface area (TPSA) is 73.7 Å². The van der Waals surface area contributed by atoms with Gasteiger partial charge in [-0.05, 0) is 43.4 Å². The molecule has 5 nitrogen and oxygen atoms in total. The van der Waals surface area contributed by atoms with E-state index < -0.39 is 5.97 Å². The lowest BCUT2D eigenvalue weighted by molar-refractivity contribution is 0.0699. The van der Waals surface area contributed by atoms with E-state index in [1.807, 2.05) is 12.1 Å². The maximum atomic E-state index is 11.5. The molecular weight excluding hydrogens is 292 g/mol. The van der Waals surface area contributed by atoms with Gasteiger partial charge >= 0.3 is 5.97 Å². The number of fused-ring (bicyclic) bond motifs is 2. The summed E-state index contributed by atoms with van der Waals surface area (Å²) in [6.07, 6.45) is 6.29. The van der Waals surface area contributed by atoms with Gasteiger partial charge in [0.25, 0.3) is 0 Å². The van der Waals surface area contributed by atoms with E-state index in [2.05, 4.69) is 9.88 Å².